The van der Waals surface area contributed by atoms with Crippen molar-refractivity contribution < 1.29 is 0 Å². The molecule has 0 heterocycles. The van der Waals surface area contributed by atoms with Crippen molar-refractivity contribution in [2.75, 3.05) is 5.73 Å². The lowest BCUT2D eigenvalue weighted by atomic mass is 9.87. The molecule has 64 valence electrons. The van der Waals surface area contributed by atoms with Gasteiger partial charge in [-0.1, -0.05) is 12.1 Å². The van der Waals surface area contributed by atoms with Crippen molar-refractivity contribution in [3.05, 3.63) is 29.3 Å². The number of hydrogen-bond donors (Lipinski definition) is 2. The van der Waals surface area contributed by atoms with Gasteiger partial charge in [-0.05, 0) is 36.5 Å². The van der Waals surface area contributed by atoms with Crippen molar-refractivity contribution >= 4 is 5.69 Å². The molecular weight excluding hydrogens is 148 g/mol. The highest BCUT2D eigenvalue weighted by Crippen LogP contribution is 2.30. The molecule has 0 bridgehead atoms. The van der Waals surface area contributed by atoms with Gasteiger partial charge in [0.15, 0.2) is 0 Å². The first-order valence-corrected chi connectivity index (χ1v) is 4.42. The van der Waals surface area contributed by atoms with Gasteiger partial charge in [-0.25, -0.2) is 0 Å². The molecule has 1 atom stereocenters. The molecule has 0 saturated heterocycles. The molecule has 1 aromatic rings. The summed E-state index contributed by atoms with van der Waals surface area (Å²) in [6, 6.07) is 6.24. The average molecular weight is 162 g/mol. The zero-order valence-corrected chi connectivity index (χ0v) is 7.09. The Morgan fingerprint density at radius 1 is 1.33 bits per heavy atom. The highest BCUT2D eigenvalue weighted by molar-refractivity contribution is 5.52. The molecule has 0 fully saturated rings. The molecule has 1 aliphatic rings. The van der Waals surface area contributed by atoms with Crippen LogP contribution in [0.2, 0.25) is 0 Å². The second kappa shape index (κ2) is 2.79. The van der Waals surface area contributed by atoms with Crippen LogP contribution in [0.15, 0.2) is 18.2 Å². The van der Waals surface area contributed by atoms with E-state index < -0.39 is 0 Å². The Morgan fingerprint density at radius 3 is 2.92 bits per heavy atom. The summed E-state index contributed by atoms with van der Waals surface area (Å²) >= 11 is 0. The lowest BCUT2D eigenvalue weighted by Crippen LogP contribution is -2.18. The van der Waals surface area contributed by atoms with E-state index in [0.29, 0.717) is 0 Å². The molecule has 0 unspecified atom stereocenters. The topological polar surface area (TPSA) is 52.0 Å². The van der Waals surface area contributed by atoms with Gasteiger partial charge in [-0.15, -0.1) is 0 Å². The normalized spacial score (nSPS) is 21.9. The van der Waals surface area contributed by atoms with Crippen molar-refractivity contribution in [2.45, 2.75) is 25.3 Å². The summed E-state index contributed by atoms with van der Waals surface area (Å²) in [5.74, 6) is 0. The van der Waals surface area contributed by atoms with Crippen molar-refractivity contribution in [2.24, 2.45) is 5.73 Å². The maximum atomic E-state index is 5.96. The zero-order valence-electron chi connectivity index (χ0n) is 7.09. The fraction of sp³-hybridized carbons (Fsp3) is 0.400. The summed E-state index contributed by atoms with van der Waals surface area (Å²) in [5.41, 5.74) is 15.2. The van der Waals surface area contributed by atoms with Crippen LogP contribution in [0.25, 0.3) is 0 Å². The summed E-state index contributed by atoms with van der Waals surface area (Å²) in [7, 11) is 0. The van der Waals surface area contributed by atoms with E-state index in [9.17, 15) is 0 Å². The van der Waals surface area contributed by atoms with Gasteiger partial charge in [-0.3, -0.25) is 0 Å². The van der Waals surface area contributed by atoms with E-state index >= 15 is 0 Å². The molecule has 0 amide bonds. The number of nitrogen functional groups attached to an aromatic ring is 1. The first-order chi connectivity index (χ1) is 5.79. The molecule has 4 N–H and O–H groups in total. The Labute approximate surface area is 72.6 Å². The fourth-order valence-electron chi connectivity index (χ4n) is 1.91. The maximum Gasteiger partial charge on any atom is 0.0349 e. The Bertz CT molecular complexity index is 294. The summed E-state index contributed by atoms with van der Waals surface area (Å²) in [5, 5.41) is 0. The van der Waals surface area contributed by atoms with E-state index in [1.54, 1.807) is 0 Å². The molecular formula is C10H14N2. The number of anilines is 1. The SMILES string of the molecule is Nc1cccc2c1CCC[C@@H]2N. The Hall–Kier alpha value is -1.02. The maximum absolute atomic E-state index is 5.96. The number of rotatable bonds is 0. The van der Waals surface area contributed by atoms with Gasteiger partial charge in [0.1, 0.15) is 0 Å². The van der Waals surface area contributed by atoms with E-state index in [4.69, 9.17) is 11.5 Å². The number of fused-ring (bicyclic) bond motifs is 1. The lowest BCUT2D eigenvalue weighted by Gasteiger charge is -2.23. The predicted octanol–water partition coefficient (Wildman–Crippen LogP) is 1.60. The summed E-state index contributed by atoms with van der Waals surface area (Å²) in [4.78, 5) is 0. The third-order valence-corrected chi connectivity index (χ3v) is 2.59. The van der Waals surface area contributed by atoms with Crippen LogP contribution in [0, 0.1) is 0 Å². The van der Waals surface area contributed by atoms with Crippen LogP contribution in [0.5, 0.6) is 0 Å². The van der Waals surface area contributed by atoms with Gasteiger partial charge >= 0.3 is 0 Å². The fourth-order valence-corrected chi connectivity index (χ4v) is 1.91. The third-order valence-electron chi connectivity index (χ3n) is 2.59. The van der Waals surface area contributed by atoms with Crippen molar-refractivity contribution in [3.8, 4) is 0 Å². The molecule has 1 aliphatic carbocycles. The standard InChI is InChI=1S/C10H14N2/c11-9-5-1-3-7-8(9)4-2-6-10(7)12/h1,3,5,10H,2,4,6,11-12H2/t10-/m0/s1. The van der Waals surface area contributed by atoms with E-state index in [1.165, 1.54) is 17.5 Å². The van der Waals surface area contributed by atoms with Crippen LogP contribution in [0.1, 0.15) is 30.0 Å². The molecule has 12 heavy (non-hydrogen) atoms. The Morgan fingerprint density at radius 2 is 2.17 bits per heavy atom. The van der Waals surface area contributed by atoms with Crippen LogP contribution >= 0.6 is 0 Å². The van der Waals surface area contributed by atoms with Gasteiger partial charge in [0.25, 0.3) is 0 Å². The number of benzene rings is 1. The highest BCUT2D eigenvalue weighted by atomic mass is 14.7. The van der Waals surface area contributed by atoms with E-state index in [2.05, 4.69) is 6.07 Å². The van der Waals surface area contributed by atoms with Gasteiger partial charge in [0.2, 0.25) is 0 Å². The molecule has 0 aromatic heterocycles. The number of nitrogens with two attached hydrogens (primary N) is 2. The van der Waals surface area contributed by atoms with Crippen LogP contribution in [0.3, 0.4) is 0 Å². The van der Waals surface area contributed by atoms with Gasteiger partial charge < -0.3 is 11.5 Å². The smallest absolute Gasteiger partial charge is 0.0349 e. The molecule has 0 spiro atoms. The Kier molecular flexibility index (Phi) is 1.77. The largest absolute Gasteiger partial charge is 0.398 e. The predicted molar refractivity (Wildman–Crippen MR) is 50.7 cm³/mol. The van der Waals surface area contributed by atoms with Gasteiger partial charge in [0.05, 0.1) is 0 Å². The first kappa shape index (κ1) is 7.62. The summed E-state index contributed by atoms with van der Waals surface area (Å²) in [6.45, 7) is 0. The quantitative estimate of drug-likeness (QED) is 0.569. The minimum absolute atomic E-state index is 0.206. The molecule has 2 nitrogen and oxygen atoms in total. The van der Waals surface area contributed by atoms with E-state index in [0.717, 1.165) is 18.5 Å². The zero-order chi connectivity index (χ0) is 8.55. The van der Waals surface area contributed by atoms with E-state index in [-0.39, 0.29) is 6.04 Å². The molecule has 2 rings (SSSR count). The van der Waals surface area contributed by atoms with E-state index in [1.807, 2.05) is 12.1 Å². The highest BCUT2D eigenvalue weighted by Gasteiger charge is 2.17. The number of hydrogen-bond acceptors (Lipinski definition) is 2. The summed E-state index contributed by atoms with van der Waals surface area (Å²) < 4.78 is 0. The van der Waals surface area contributed by atoms with Gasteiger partial charge in [-0.2, -0.15) is 0 Å². The molecule has 2 heteroatoms. The van der Waals surface area contributed by atoms with Crippen molar-refractivity contribution in [1.82, 2.24) is 0 Å². The molecule has 0 aliphatic heterocycles. The summed E-state index contributed by atoms with van der Waals surface area (Å²) in [6.07, 6.45) is 3.36. The van der Waals surface area contributed by atoms with Crippen LogP contribution in [-0.2, 0) is 6.42 Å². The second-order valence-electron chi connectivity index (χ2n) is 3.41. The van der Waals surface area contributed by atoms with Crippen molar-refractivity contribution in [1.29, 1.82) is 0 Å². The van der Waals surface area contributed by atoms with Crippen LogP contribution in [0.4, 0.5) is 5.69 Å². The van der Waals surface area contributed by atoms with Crippen LogP contribution < -0.4 is 11.5 Å². The minimum atomic E-state index is 0.206. The van der Waals surface area contributed by atoms with Gasteiger partial charge in [0, 0.05) is 11.7 Å². The third kappa shape index (κ3) is 1.08. The van der Waals surface area contributed by atoms with Crippen molar-refractivity contribution in [3.63, 3.8) is 0 Å². The molecule has 0 saturated carbocycles. The molecule has 1 aromatic carbocycles. The second-order valence-corrected chi connectivity index (χ2v) is 3.41. The first-order valence-electron chi connectivity index (χ1n) is 4.42. The minimum Gasteiger partial charge on any atom is -0.398 e. The Balaban J connectivity index is 2.52. The molecule has 0 radical (unpaired) electrons. The lowest BCUT2D eigenvalue weighted by molar-refractivity contribution is 0.571. The average Bonchev–Trinajstić information content (AvgIpc) is 2.07. The van der Waals surface area contributed by atoms with Crippen LogP contribution in [-0.4, -0.2) is 0 Å². The monoisotopic (exact) mass is 162 g/mol.